The lowest BCUT2D eigenvalue weighted by Crippen LogP contribution is -2.10. The lowest BCUT2D eigenvalue weighted by atomic mass is 10.0. The molecule has 6 aromatic heterocycles. The fraction of sp³-hybridized carbons (Fsp3) is 0.0833. The molecule has 0 aliphatic heterocycles. The maximum Gasteiger partial charge on any atom is 0.159 e. The van der Waals surface area contributed by atoms with E-state index in [0.29, 0.717) is 11.8 Å². The minimum atomic E-state index is 0.333. The van der Waals surface area contributed by atoms with Crippen molar-refractivity contribution in [1.29, 1.82) is 0 Å². The Labute approximate surface area is 448 Å². The summed E-state index contributed by atoms with van der Waals surface area (Å²) in [4.78, 5) is 4.73. The molecule has 17 aromatic rings. The molecule has 0 saturated heterocycles. The topological polar surface area (TPSA) is 41.6 Å². The first kappa shape index (κ1) is 43.5. The van der Waals surface area contributed by atoms with Gasteiger partial charge in [-0.25, -0.2) is 0 Å². The molecule has 78 heavy (non-hydrogen) atoms. The van der Waals surface area contributed by atoms with Crippen molar-refractivity contribution in [3.05, 3.63) is 230 Å². The van der Waals surface area contributed by atoms with Gasteiger partial charge in [0, 0.05) is 87.4 Å². The average molecular weight is 1000 g/mol. The zero-order chi connectivity index (χ0) is 51.7. The van der Waals surface area contributed by atoms with E-state index in [9.17, 15) is 0 Å². The van der Waals surface area contributed by atoms with Crippen LogP contribution in [-0.4, -0.2) is 8.80 Å². The molecule has 6 heterocycles. The minimum absolute atomic E-state index is 0.333. The molecule has 0 saturated carbocycles. The predicted octanol–water partition coefficient (Wildman–Crippen LogP) is 21.0. The zero-order valence-electron chi connectivity index (χ0n) is 43.5. The summed E-state index contributed by atoms with van der Waals surface area (Å²) in [5, 5.41) is 14.4. The molecule has 0 atom stereocenters. The number of rotatable bonds is 8. The molecule has 0 unspecified atom stereocenters. The van der Waals surface area contributed by atoms with Gasteiger partial charge in [-0.05, 0) is 108 Å². The normalized spacial score (nSPS) is 12.6. The van der Waals surface area contributed by atoms with Gasteiger partial charge >= 0.3 is 0 Å². The van der Waals surface area contributed by atoms with Crippen LogP contribution in [0, 0.1) is 0 Å². The highest BCUT2D eigenvalue weighted by Crippen LogP contribution is 2.50. The highest BCUT2D eigenvalue weighted by atomic mass is 16.3. The van der Waals surface area contributed by atoms with Crippen LogP contribution in [0.2, 0.25) is 0 Å². The van der Waals surface area contributed by atoms with Gasteiger partial charge in [-0.3, -0.25) is 0 Å². The van der Waals surface area contributed by atoms with Crippen LogP contribution >= 0.6 is 0 Å². The summed E-state index contributed by atoms with van der Waals surface area (Å²) in [7, 11) is 0. The minimum Gasteiger partial charge on any atom is -0.454 e. The molecular formula is C72H50N4O2. The molecule has 370 valence electrons. The molecule has 0 aliphatic rings. The van der Waals surface area contributed by atoms with Crippen LogP contribution in [-0.2, 0) is 0 Å². The molecule has 0 fully saturated rings. The molecule has 0 aliphatic carbocycles. The smallest absolute Gasteiger partial charge is 0.159 e. The van der Waals surface area contributed by atoms with E-state index in [1.165, 1.54) is 87.3 Å². The Morgan fingerprint density at radius 1 is 0.282 bits per heavy atom. The molecule has 17 rings (SSSR count). The number of aromatic nitrogens is 2. The van der Waals surface area contributed by atoms with Crippen molar-refractivity contribution in [2.24, 2.45) is 0 Å². The van der Waals surface area contributed by atoms with Crippen LogP contribution in [0.25, 0.3) is 120 Å². The van der Waals surface area contributed by atoms with Crippen LogP contribution in [0.4, 0.5) is 34.1 Å². The van der Waals surface area contributed by atoms with Crippen molar-refractivity contribution in [3.63, 3.8) is 0 Å². The largest absolute Gasteiger partial charge is 0.454 e. The second-order valence-corrected chi connectivity index (χ2v) is 22.0. The van der Waals surface area contributed by atoms with Gasteiger partial charge in [0.05, 0.1) is 44.5 Å². The van der Waals surface area contributed by atoms with Gasteiger partial charge in [0.1, 0.15) is 11.2 Å². The van der Waals surface area contributed by atoms with E-state index in [2.05, 4.69) is 265 Å². The fourth-order valence-electron chi connectivity index (χ4n) is 13.6. The van der Waals surface area contributed by atoms with Crippen LogP contribution in [0.3, 0.4) is 0 Å². The number of fused-ring (bicyclic) bond motifs is 18. The van der Waals surface area contributed by atoms with Gasteiger partial charge in [0.15, 0.2) is 11.2 Å². The second-order valence-electron chi connectivity index (χ2n) is 22.0. The van der Waals surface area contributed by atoms with Gasteiger partial charge in [-0.1, -0.05) is 161 Å². The van der Waals surface area contributed by atoms with Gasteiger partial charge in [-0.2, -0.15) is 0 Å². The number of benzene rings is 11. The number of hydrogen-bond acceptors (Lipinski definition) is 4. The lowest BCUT2D eigenvalue weighted by molar-refractivity contribution is 0.657. The molecule has 0 spiro atoms. The van der Waals surface area contributed by atoms with E-state index < -0.39 is 0 Å². The molecule has 0 N–H and O–H groups in total. The van der Waals surface area contributed by atoms with Crippen LogP contribution < -0.4 is 9.80 Å². The van der Waals surface area contributed by atoms with Gasteiger partial charge in [-0.15, -0.1) is 0 Å². The second kappa shape index (κ2) is 15.9. The van der Waals surface area contributed by atoms with Crippen LogP contribution in [0.5, 0.6) is 0 Å². The molecule has 0 amide bonds. The van der Waals surface area contributed by atoms with Crippen LogP contribution in [0.1, 0.15) is 50.7 Å². The van der Waals surface area contributed by atoms with Gasteiger partial charge < -0.3 is 27.4 Å². The number of para-hydroxylation sites is 8. The highest BCUT2D eigenvalue weighted by Gasteiger charge is 2.27. The molecule has 0 radical (unpaired) electrons. The third kappa shape index (κ3) is 5.81. The van der Waals surface area contributed by atoms with Crippen molar-refractivity contribution >= 4 is 154 Å². The van der Waals surface area contributed by atoms with Gasteiger partial charge in [0.25, 0.3) is 0 Å². The maximum absolute atomic E-state index is 6.95. The number of nitrogens with zero attached hydrogens (tertiary/aromatic N) is 4. The van der Waals surface area contributed by atoms with E-state index in [1.54, 1.807) is 0 Å². The Balaban J connectivity index is 0.847. The van der Waals surface area contributed by atoms with E-state index in [-0.39, 0.29) is 0 Å². The Bertz CT molecular complexity index is 4960. The first-order valence-corrected chi connectivity index (χ1v) is 27.3. The average Bonchev–Trinajstić information content (AvgIpc) is 4.41. The Hall–Kier alpha value is -9.78. The van der Waals surface area contributed by atoms with Crippen molar-refractivity contribution in [3.8, 4) is 0 Å². The summed E-state index contributed by atoms with van der Waals surface area (Å²) in [5.41, 5.74) is 19.8. The first-order chi connectivity index (χ1) is 38.4. The number of furan rings is 2. The monoisotopic (exact) mass is 1000 g/mol. The third-order valence-electron chi connectivity index (χ3n) is 17.1. The number of anilines is 6. The van der Waals surface area contributed by atoms with E-state index in [4.69, 9.17) is 8.83 Å². The Kier molecular flexibility index (Phi) is 8.85. The maximum atomic E-state index is 6.95. The van der Waals surface area contributed by atoms with Gasteiger partial charge in [0.2, 0.25) is 0 Å². The summed E-state index contributed by atoms with van der Waals surface area (Å²) in [6.07, 6.45) is 0. The molecule has 11 aromatic carbocycles. The molecular weight excluding hydrogens is 953 g/mol. The lowest BCUT2D eigenvalue weighted by Gasteiger charge is -2.25. The first-order valence-electron chi connectivity index (χ1n) is 27.3. The van der Waals surface area contributed by atoms with E-state index in [1.807, 2.05) is 0 Å². The Morgan fingerprint density at radius 3 is 1.03 bits per heavy atom. The molecule has 6 nitrogen and oxygen atoms in total. The summed E-state index contributed by atoms with van der Waals surface area (Å²) in [5.74, 6) is 0.666. The Morgan fingerprint density at radius 2 is 0.628 bits per heavy atom. The van der Waals surface area contributed by atoms with Crippen LogP contribution in [0.15, 0.2) is 227 Å². The third-order valence-corrected chi connectivity index (χ3v) is 17.1. The van der Waals surface area contributed by atoms with Crippen molar-refractivity contribution in [2.45, 2.75) is 39.5 Å². The predicted molar refractivity (Wildman–Crippen MR) is 328 cm³/mol. The summed E-state index contributed by atoms with van der Waals surface area (Å²) >= 11 is 0. The van der Waals surface area contributed by atoms with E-state index in [0.717, 1.165) is 78.0 Å². The summed E-state index contributed by atoms with van der Waals surface area (Å²) in [6, 6.07) is 80.2. The number of hydrogen-bond donors (Lipinski definition) is 0. The molecule has 6 heteroatoms. The van der Waals surface area contributed by atoms with Crippen molar-refractivity contribution in [1.82, 2.24) is 8.80 Å². The summed E-state index contributed by atoms with van der Waals surface area (Å²) < 4.78 is 18.9. The highest BCUT2D eigenvalue weighted by molar-refractivity contribution is 6.29. The fourth-order valence-corrected chi connectivity index (χ4v) is 13.6. The quantitative estimate of drug-likeness (QED) is 0.152. The molecule has 0 bridgehead atoms. The zero-order valence-corrected chi connectivity index (χ0v) is 43.5. The SMILES string of the molecule is CC(C)c1cccc2c1oc1c(N(c3ccccc3)c3ccc4c(c3)c3cccc5c6cc7c(cc6n4c35)c3cccc4c5cc(N(c6ccccc6)c6cccc8c6oc6c(C(C)C)cccc68)ccc5n7c43)cccc12. The van der Waals surface area contributed by atoms with Crippen molar-refractivity contribution < 1.29 is 8.83 Å². The standard InChI is InChI=1S/C72H50N4O2/c1-41(2)47-21-11-27-53-55-29-15-31-63(71(55)77-69(47)53)73(43-17-7-5-8-18-43)45-33-35-61-57(37-45)49-23-13-25-51-59-40-66-60(39-65(59)75(61)67(49)51)52-26-14-24-50-58-38-46(34-36-62(58)76(66)68(50)52)74(44-19-9-6-10-20-44)64-32-16-30-56-54-28-12-22-48(42(3)4)70(54)78-72(56)64/h5-42H,1-4H3. The summed E-state index contributed by atoms with van der Waals surface area (Å²) in [6.45, 7) is 8.94. The van der Waals surface area contributed by atoms with E-state index >= 15 is 0 Å². The van der Waals surface area contributed by atoms with Crippen molar-refractivity contribution in [2.75, 3.05) is 9.80 Å².